The fourth-order valence-corrected chi connectivity index (χ4v) is 4.44. The highest BCUT2D eigenvalue weighted by Gasteiger charge is 2.49. The Morgan fingerprint density at radius 2 is 1.97 bits per heavy atom. The summed E-state index contributed by atoms with van der Waals surface area (Å²) in [6.07, 6.45) is 0. The van der Waals surface area contributed by atoms with Gasteiger partial charge in [-0.2, -0.15) is 0 Å². The topological polar surface area (TPSA) is 138 Å². The number of nitrogens with zero attached hydrogens (tertiary/aromatic N) is 2. The second-order valence-corrected chi connectivity index (χ2v) is 8.19. The number of Topliss-reactive ketones (excluding diaryl/α,β-unsaturated/α-hetero) is 1. The van der Waals surface area contributed by atoms with E-state index in [0.717, 1.165) is 0 Å². The Morgan fingerprint density at radius 3 is 2.60 bits per heavy atom. The normalized spacial score (nSPS) is 17.2. The summed E-state index contributed by atoms with van der Waals surface area (Å²) in [4.78, 5) is 43.3. The van der Waals surface area contributed by atoms with Crippen molar-refractivity contribution in [3.63, 3.8) is 0 Å². The van der Waals surface area contributed by atoms with Crippen molar-refractivity contribution < 1.29 is 28.8 Å². The van der Waals surface area contributed by atoms with Gasteiger partial charge in [0.05, 0.1) is 12.7 Å². The third kappa shape index (κ3) is 3.86. The van der Waals surface area contributed by atoms with Crippen LogP contribution in [0.4, 0.5) is 5.82 Å². The zero-order chi connectivity index (χ0) is 25.4. The molecule has 10 nitrogen and oxygen atoms in total. The van der Waals surface area contributed by atoms with Crippen LogP contribution < -0.4 is 15.0 Å². The molecule has 1 aliphatic rings. The van der Waals surface area contributed by atoms with Crippen molar-refractivity contribution in [2.24, 2.45) is 0 Å². The lowest BCUT2D eigenvalue weighted by molar-refractivity contribution is -0.132. The summed E-state index contributed by atoms with van der Waals surface area (Å²) in [5, 5.41) is 18.2. The van der Waals surface area contributed by atoms with Crippen LogP contribution in [0.15, 0.2) is 40.4 Å². The van der Waals surface area contributed by atoms with Crippen LogP contribution in [0.1, 0.15) is 51.6 Å². The summed E-state index contributed by atoms with van der Waals surface area (Å²) in [5.74, 6) is -1.50. The number of aromatic nitrogens is 2. The van der Waals surface area contributed by atoms with E-state index in [1.165, 1.54) is 18.1 Å². The fourth-order valence-electron chi connectivity index (χ4n) is 4.44. The molecule has 3 N–H and O–H groups in total. The van der Waals surface area contributed by atoms with Crippen molar-refractivity contribution in [3.8, 4) is 5.75 Å². The van der Waals surface area contributed by atoms with Gasteiger partial charge < -0.3 is 24.7 Å². The van der Waals surface area contributed by atoms with Crippen molar-refractivity contribution in [1.29, 1.82) is 0 Å². The number of carbonyl (C=O) groups is 3. The summed E-state index contributed by atoms with van der Waals surface area (Å²) < 4.78 is 10.7. The van der Waals surface area contributed by atoms with Crippen LogP contribution in [0.2, 0.25) is 0 Å². The molecule has 2 amide bonds. The summed E-state index contributed by atoms with van der Waals surface area (Å²) in [7, 11) is 1.48. The number of hydrogen-bond acceptors (Lipinski definition) is 7. The monoisotopic (exact) mass is 478 g/mol. The number of anilines is 1. The van der Waals surface area contributed by atoms with Crippen molar-refractivity contribution in [3.05, 3.63) is 69.7 Å². The van der Waals surface area contributed by atoms with Crippen LogP contribution >= 0.6 is 0 Å². The number of H-pyrrole nitrogens is 1. The van der Waals surface area contributed by atoms with Gasteiger partial charge >= 0.3 is 5.91 Å². The number of rotatable bonds is 6. The van der Waals surface area contributed by atoms with Gasteiger partial charge in [-0.3, -0.25) is 19.3 Å². The molecule has 10 heteroatoms. The molecule has 3 heterocycles. The minimum Gasteiger partial charge on any atom is -0.507 e. The maximum absolute atomic E-state index is 13.4. The van der Waals surface area contributed by atoms with Crippen LogP contribution in [0, 0.1) is 20.8 Å². The number of nitrogens with one attached hydrogen (secondary N) is 2. The summed E-state index contributed by atoms with van der Waals surface area (Å²) >= 11 is 0. The number of aliphatic hydroxyl groups excluding tert-OH is 1. The van der Waals surface area contributed by atoms with Crippen LogP contribution in [0.3, 0.4) is 0 Å². The number of methoxy groups -OCH3 is 1. The third-order valence-electron chi connectivity index (χ3n) is 5.98. The van der Waals surface area contributed by atoms with Gasteiger partial charge in [-0.25, -0.2) is 0 Å². The lowest BCUT2D eigenvalue weighted by atomic mass is 9.93. The van der Waals surface area contributed by atoms with Crippen LogP contribution in [-0.2, 0) is 9.59 Å². The highest BCUT2D eigenvalue weighted by atomic mass is 16.5. The van der Waals surface area contributed by atoms with Gasteiger partial charge in [-0.05, 0) is 39.3 Å². The van der Waals surface area contributed by atoms with Crippen LogP contribution in [0.5, 0.6) is 5.75 Å². The number of benzene rings is 1. The third-order valence-corrected chi connectivity index (χ3v) is 5.98. The molecule has 2 aromatic heterocycles. The van der Waals surface area contributed by atoms with E-state index in [1.54, 1.807) is 52.0 Å². The number of para-hydroxylation sites is 1. The van der Waals surface area contributed by atoms with Gasteiger partial charge in [0.15, 0.2) is 5.82 Å². The van der Waals surface area contributed by atoms with E-state index in [4.69, 9.17) is 9.26 Å². The standard InChI is InChI=1S/C25H26N4O6/c1-6-26-24(32)20-13(3)18(14(4)27-20)22(30)19-21(15-9-7-8-10-16(15)34-5)29(25(33)23(19)31)17-11-12(2)35-28-17/h7-11,21,27,30H,6H2,1-5H3,(H,26,32)/b22-19+. The van der Waals surface area contributed by atoms with Crippen molar-refractivity contribution in [2.45, 2.75) is 33.7 Å². The van der Waals surface area contributed by atoms with Crippen LogP contribution in [-0.4, -0.2) is 46.5 Å². The molecule has 0 aliphatic carbocycles. The first-order valence-electron chi connectivity index (χ1n) is 11.1. The van der Waals surface area contributed by atoms with E-state index in [0.29, 0.717) is 34.9 Å². The summed E-state index contributed by atoms with van der Waals surface area (Å²) in [5.41, 5.74) is 1.80. The molecule has 1 unspecified atom stereocenters. The number of hydrogen-bond donors (Lipinski definition) is 3. The van der Waals surface area contributed by atoms with E-state index in [1.807, 2.05) is 0 Å². The number of ketones is 1. The van der Waals surface area contributed by atoms with Gasteiger partial charge in [0, 0.05) is 29.4 Å². The predicted molar refractivity (Wildman–Crippen MR) is 127 cm³/mol. The molecule has 1 atom stereocenters. The van der Waals surface area contributed by atoms with Gasteiger partial charge in [0.1, 0.15) is 29.0 Å². The first-order chi connectivity index (χ1) is 16.7. The Kier molecular flexibility index (Phi) is 6.21. The Bertz CT molecular complexity index is 1370. The number of aliphatic hydroxyl groups is 1. The first kappa shape index (κ1) is 23.8. The fraction of sp³-hybridized carbons (Fsp3) is 0.280. The van der Waals surface area contributed by atoms with E-state index >= 15 is 0 Å². The Morgan fingerprint density at radius 1 is 1.26 bits per heavy atom. The molecule has 1 fully saturated rings. The Hall–Kier alpha value is -4.34. The second-order valence-electron chi connectivity index (χ2n) is 8.19. The highest BCUT2D eigenvalue weighted by Crippen LogP contribution is 2.45. The maximum Gasteiger partial charge on any atom is 0.301 e. The number of ether oxygens (including phenoxy) is 1. The van der Waals surface area contributed by atoms with Gasteiger partial charge in [-0.1, -0.05) is 23.4 Å². The molecule has 1 aromatic carbocycles. The molecular formula is C25H26N4O6. The SMILES string of the molecule is CCNC(=O)c1[nH]c(C)c(/C(O)=C2\C(=O)C(=O)N(c3cc(C)on3)C2c2ccccc2OC)c1C. The van der Waals surface area contributed by atoms with E-state index in [9.17, 15) is 19.5 Å². The summed E-state index contributed by atoms with van der Waals surface area (Å²) in [6.45, 7) is 7.23. The maximum atomic E-state index is 13.4. The van der Waals surface area contributed by atoms with E-state index in [2.05, 4.69) is 15.5 Å². The van der Waals surface area contributed by atoms with E-state index < -0.39 is 23.5 Å². The second kappa shape index (κ2) is 9.13. The number of carbonyl (C=O) groups excluding carboxylic acids is 3. The molecule has 0 saturated carbocycles. The summed E-state index contributed by atoms with van der Waals surface area (Å²) in [6, 6.07) is 7.40. The molecule has 1 aliphatic heterocycles. The van der Waals surface area contributed by atoms with Gasteiger partial charge in [0.25, 0.3) is 11.7 Å². The smallest absolute Gasteiger partial charge is 0.301 e. The minimum atomic E-state index is -1.04. The van der Waals surface area contributed by atoms with Gasteiger partial charge in [0.2, 0.25) is 0 Å². The minimum absolute atomic E-state index is 0.130. The lowest BCUT2D eigenvalue weighted by Crippen LogP contribution is -2.29. The molecule has 0 spiro atoms. The molecule has 0 radical (unpaired) electrons. The zero-order valence-electron chi connectivity index (χ0n) is 20.1. The molecule has 1 saturated heterocycles. The average Bonchev–Trinajstić information content (AvgIpc) is 3.47. The molecule has 182 valence electrons. The van der Waals surface area contributed by atoms with E-state index in [-0.39, 0.29) is 28.6 Å². The number of aryl methyl sites for hydroxylation is 2. The van der Waals surface area contributed by atoms with Crippen molar-refractivity contribution in [1.82, 2.24) is 15.5 Å². The molecule has 3 aromatic rings. The lowest BCUT2D eigenvalue weighted by Gasteiger charge is -2.24. The predicted octanol–water partition coefficient (Wildman–Crippen LogP) is 3.31. The van der Waals surface area contributed by atoms with Crippen LogP contribution in [0.25, 0.3) is 5.76 Å². The van der Waals surface area contributed by atoms with Crippen molar-refractivity contribution in [2.75, 3.05) is 18.6 Å². The first-order valence-corrected chi connectivity index (χ1v) is 11.1. The zero-order valence-corrected chi connectivity index (χ0v) is 20.1. The number of aromatic amines is 1. The molecule has 35 heavy (non-hydrogen) atoms. The Labute approximate surface area is 201 Å². The number of amides is 2. The quantitative estimate of drug-likeness (QED) is 0.281. The van der Waals surface area contributed by atoms with Gasteiger partial charge in [-0.15, -0.1) is 0 Å². The average molecular weight is 479 g/mol. The Balaban J connectivity index is 1.98. The molecule has 0 bridgehead atoms. The van der Waals surface area contributed by atoms with Crippen molar-refractivity contribution >= 4 is 29.2 Å². The largest absolute Gasteiger partial charge is 0.507 e. The highest BCUT2D eigenvalue weighted by molar-refractivity contribution is 6.51. The molecule has 4 rings (SSSR count). The molecular weight excluding hydrogens is 452 g/mol.